The zero-order chi connectivity index (χ0) is 17.9. The van der Waals surface area contributed by atoms with E-state index in [1.807, 2.05) is 0 Å². The number of allylic oxidation sites excluding steroid dienone is 1. The lowest BCUT2D eigenvalue weighted by Gasteiger charge is -2.18. The van der Waals surface area contributed by atoms with Gasteiger partial charge in [-0.3, -0.25) is 0 Å². The molecule has 1 nitrogen and oxygen atoms in total. The molecule has 2 N–H and O–H groups in total. The van der Waals surface area contributed by atoms with E-state index >= 15 is 0 Å². The Morgan fingerprint density at radius 2 is 1.79 bits per heavy atom. The number of hydrogen-bond donors (Lipinski definition) is 1. The largest absolute Gasteiger partial charge is 0.399 e. The van der Waals surface area contributed by atoms with Gasteiger partial charge in [0, 0.05) is 6.54 Å². The molecule has 0 saturated carbocycles. The van der Waals surface area contributed by atoms with Crippen molar-refractivity contribution in [1.29, 1.82) is 0 Å². The van der Waals surface area contributed by atoms with Crippen LogP contribution in [0.4, 0.5) is 13.2 Å². The van der Waals surface area contributed by atoms with E-state index in [9.17, 15) is 13.2 Å². The Morgan fingerprint density at radius 1 is 1.08 bits per heavy atom. The summed E-state index contributed by atoms with van der Waals surface area (Å²) in [6.45, 7) is 0.268. The smallest absolute Gasteiger partial charge is 0.327 e. The molecule has 0 aliphatic heterocycles. The summed E-state index contributed by atoms with van der Waals surface area (Å²) in [5, 5.41) is 0.281. The van der Waals surface area contributed by atoms with Crippen molar-refractivity contribution in [3.8, 4) is 0 Å². The molecule has 0 heterocycles. The second-order valence-electron chi connectivity index (χ2n) is 5.21. The average Bonchev–Trinajstić information content (AvgIpc) is 2.50. The molecule has 0 amide bonds. The van der Waals surface area contributed by atoms with Crippen molar-refractivity contribution in [1.82, 2.24) is 0 Å². The van der Waals surface area contributed by atoms with E-state index in [4.69, 9.17) is 36.8 Å². The maximum atomic E-state index is 13.4. The van der Waals surface area contributed by atoms with E-state index in [0.717, 1.165) is 11.6 Å². The molecule has 2 rings (SSSR count). The van der Waals surface area contributed by atoms with Crippen LogP contribution in [0.15, 0.2) is 42.5 Å². The van der Waals surface area contributed by atoms with E-state index in [1.54, 1.807) is 18.2 Å². The molecule has 0 bridgehead atoms. The Morgan fingerprint density at radius 3 is 2.33 bits per heavy atom. The molecule has 0 aromatic heterocycles. The predicted molar refractivity (Wildman–Crippen MR) is 94.0 cm³/mol. The first-order valence-corrected chi connectivity index (χ1v) is 7.76. The highest BCUT2D eigenvalue weighted by Gasteiger charge is 2.39. The predicted octanol–water partition coefficient (Wildman–Crippen LogP) is 4.61. The summed E-state index contributed by atoms with van der Waals surface area (Å²) in [6, 6.07) is 8.82. The van der Waals surface area contributed by atoms with E-state index in [0.29, 0.717) is 11.0 Å². The van der Waals surface area contributed by atoms with Crippen LogP contribution in [0.3, 0.4) is 0 Å². The molecular formula is C17H13BCl2F3N. The summed E-state index contributed by atoms with van der Waals surface area (Å²) >= 11 is 11.6. The van der Waals surface area contributed by atoms with Crippen molar-refractivity contribution in [3.05, 3.63) is 69.2 Å². The third-order valence-electron chi connectivity index (χ3n) is 3.53. The molecule has 0 aliphatic carbocycles. The standard InChI is InChI=1S/C17H13BCl2F3N/c18-14-7-10(1-3-12(14)9-24)2-5-13(17(21,22)23)11-4-6-15(19)16(20)8-11/h1-8,13H,9,24H2. The topological polar surface area (TPSA) is 26.0 Å². The minimum absolute atomic E-state index is 0.0136. The molecule has 0 saturated heterocycles. The van der Waals surface area contributed by atoms with E-state index in [-0.39, 0.29) is 22.2 Å². The van der Waals surface area contributed by atoms with Gasteiger partial charge in [-0.1, -0.05) is 65.1 Å². The van der Waals surface area contributed by atoms with Crippen LogP contribution in [0.1, 0.15) is 22.6 Å². The minimum atomic E-state index is -4.46. The number of halogens is 5. The van der Waals surface area contributed by atoms with Gasteiger partial charge in [0.05, 0.1) is 16.0 Å². The van der Waals surface area contributed by atoms with Gasteiger partial charge in [0.1, 0.15) is 7.85 Å². The monoisotopic (exact) mass is 369 g/mol. The van der Waals surface area contributed by atoms with Gasteiger partial charge in [-0.05, 0) is 28.8 Å². The zero-order valence-corrected chi connectivity index (χ0v) is 14.0. The Labute approximate surface area is 149 Å². The fraction of sp³-hybridized carbons (Fsp3) is 0.176. The lowest BCUT2D eigenvalue weighted by molar-refractivity contribution is -0.139. The first-order valence-electron chi connectivity index (χ1n) is 7.00. The first-order chi connectivity index (χ1) is 11.2. The van der Waals surface area contributed by atoms with Crippen LogP contribution in [0, 0.1) is 0 Å². The van der Waals surface area contributed by atoms with Crippen molar-refractivity contribution < 1.29 is 13.2 Å². The lowest BCUT2D eigenvalue weighted by Crippen LogP contribution is -2.19. The maximum absolute atomic E-state index is 13.4. The van der Waals surface area contributed by atoms with Crippen molar-refractivity contribution >= 4 is 42.6 Å². The number of nitrogens with two attached hydrogens (primary N) is 1. The summed E-state index contributed by atoms with van der Waals surface area (Å²) in [7, 11) is 5.80. The highest BCUT2D eigenvalue weighted by Crippen LogP contribution is 2.38. The molecule has 2 aromatic carbocycles. The molecule has 0 fully saturated rings. The Bertz CT molecular complexity index is 760. The Balaban J connectivity index is 2.36. The fourth-order valence-corrected chi connectivity index (χ4v) is 2.53. The molecule has 7 heteroatoms. The highest BCUT2D eigenvalue weighted by molar-refractivity contribution is 6.42. The molecule has 0 aliphatic rings. The molecular weight excluding hydrogens is 357 g/mol. The lowest BCUT2D eigenvalue weighted by atomic mass is 9.88. The molecule has 1 unspecified atom stereocenters. The Kier molecular flexibility index (Phi) is 6.02. The van der Waals surface area contributed by atoms with Crippen LogP contribution < -0.4 is 11.2 Å². The van der Waals surface area contributed by atoms with Crippen molar-refractivity contribution in [2.75, 3.05) is 0 Å². The van der Waals surface area contributed by atoms with Crippen LogP contribution in [-0.4, -0.2) is 14.0 Å². The molecule has 2 aromatic rings. The summed E-state index contributed by atoms with van der Waals surface area (Å²) in [5.41, 5.74) is 7.26. The van der Waals surface area contributed by atoms with E-state index < -0.39 is 12.1 Å². The first kappa shape index (κ1) is 18.9. The van der Waals surface area contributed by atoms with Crippen molar-refractivity contribution in [3.63, 3.8) is 0 Å². The van der Waals surface area contributed by atoms with Crippen molar-refractivity contribution in [2.45, 2.75) is 18.6 Å². The van der Waals surface area contributed by atoms with Gasteiger partial charge in [0.25, 0.3) is 0 Å². The van der Waals surface area contributed by atoms with Crippen LogP contribution in [0.2, 0.25) is 10.0 Å². The number of alkyl halides is 3. The van der Waals surface area contributed by atoms with E-state index in [2.05, 4.69) is 0 Å². The fourth-order valence-electron chi connectivity index (χ4n) is 2.23. The second-order valence-corrected chi connectivity index (χ2v) is 6.03. The molecule has 2 radical (unpaired) electrons. The quantitative estimate of drug-likeness (QED) is 0.782. The SMILES string of the molecule is [B]c1cc(C=CC(c2ccc(Cl)c(Cl)c2)C(F)(F)F)ccc1CN. The van der Waals surface area contributed by atoms with Crippen LogP contribution >= 0.6 is 23.2 Å². The van der Waals surface area contributed by atoms with Gasteiger partial charge in [-0.15, -0.1) is 0 Å². The zero-order valence-electron chi connectivity index (χ0n) is 12.4. The van der Waals surface area contributed by atoms with Crippen LogP contribution in [-0.2, 0) is 6.54 Å². The normalized spacial score (nSPS) is 13.4. The van der Waals surface area contributed by atoms with Gasteiger partial charge in [0.15, 0.2) is 0 Å². The van der Waals surface area contributed by atoms with Gasteiger partial charge in [-0.25, -0.2) is 0 Å². The Hall–Kier alpha value is -1.43. The summed E-state index contributed by atoms with van der Waals surface area (Å²) in [6.07, 6.45) is -2.02. The van der Waals surface area contributed by atoms with Crippen LogP contribution in [0.5, 0.6) is 0 Å². The number of hydrogen-bond acceptors (Lipinski definition) is 1. The van der Waals surface area contributed by atoms with Crippen molar-refractivity contribution in [2.24, 2.45) is 5.73 Å². The summed E-state index contributed by atoms with van der Waals surface area (Å²) < 4.78 is 40.1. The molecule has 124 valence electrons. The number of benzene rings is 2. The second kappa shape index (κ2) is 7.64. The third kappa shape index (κ3) is 4.56. The molecule has 24 heavy (non-hydrogen) atoms. The molecule has 0 spiro atoms. The number of rotatable bonds is 4. The van der Waals surface area contributed by atoms with Crippen LogP contribution in [0.25, 0.3) is 6.08 Å². The highest BCUT2D eigenvalue weighted by atomic mass is 35.5. The molecule has 1 atom stereocenters. The van der Waals surface area contributed by atoms with Gasteiger partial charge in [-0.2, -0.15) is 13.2 Å². The van der Waals surface area contributed by atoms with Gasteiger partial charge < -0.3 is 5.73 Å². The summed E-state index contributed by atoms with van der Waals surface area (Å²) in [4.78, 5) is 0. The third-order valence-corrected chi connectivity index (χ3v) is 4.27. The maximum Gasteiger partial charge on any atom is 0.399 e. The van der Waals surface area contributed by atoms with Gasteiger partial charge >= 0.3 is 6.18 Å². The van der Waals surface area contributed by atoms with Gasteiger partial charge in [0.2, 0.25) is 0 Å². The van der Waals surface area contributed by atoms with E-state index in [1.165, 1.54) is 24.3 Å². The average molecular weight is 370 g/mol. The minimum Gasteiger partial charge on any atom is -0.327 e. The summed E-state index contributed by atoms with van der Waals surface area (Å²) in [5.74, 6) is -1.80.